The number of carbonyl (C=O) groups excluding carboxylic acids is 1. The molecule has 0 aliphatic carbocycles. The van der Waals surface area contributed by atoms with Gasteiger partial charge in [0.1, 0.15) is 0 Å². The Kier molecular flexibility index (Phi) is 1.65. The zero-order chi connectivity index (χ0) is 8.72. The molecule has 2 heterocycles. The van der Waals surface area contributed by atoms with Crippen molar-refractivity contribution in [1.29, 1.82) is 0 Å². The first-order valence-corrected chi connectivity index (χ1v) is 4.67. The Morgan fingerprint density at radius 1 is 1.58 bits per heavy atom. The van der Waals surface area contributed by atoms with Crippen LogP contribution in [0.25, 0.3) is 0 Å². The van der Waals surface area contributed by atoms with Crippen LogP contribution in [0, 0.1) is 0 Å². The van der Waals surface area contributed by atoms with E-state index >= 15 is 0 Å². The molecular formula is C8H10N2OS. The van der Waals surface area contributed by atoms with Crippen molar-refractivity contribution in [1.82, 2.24) is 10.2 Å². The molecule has 0 fully saturated rings. The topological polar surface area (TPSA) is 32.3 Å². The van der Waals surface area contributed by atoms with Gasteiger partial charge in [-0.1, -0.05) is 11.8 Å². The van der Waals surface area contributed by atoms with Crippen molar-refractivity contribution >= 4 is 17.7 Å². The van der Waals surface area contributed by atoms with Crippen molar-refractivity contribution < 1.29 is 4.79 Å². The van der Waals surface area contributed by atoms with Crippen LogP contribution < -0.4 is 5.32 Å². The van der Waals surface area contributed by atoms with Crippen molar-refractivity contribution in [3.63, 3.8) is 0 Å². The summed E-state index contributed by atoms with van der Waals surface area (Å²) in [5.74, 6) is 0.0700. The summed E-state index contributed by atoms with van der Waals surface area (Å²) in [7, 11) is 0. The van der Waals surface area contributed by atoms with E-state index in [0.717, 1.165) is 5.70 Å². The van der Waals surface area contributed by atoms with Gasteiger partial charge in [-0.2, -0.15) is 0 Å². The van der Waals surface area contributed by atoms with Crippen LogP contribution >= 0.6 is 11.8 Å². The van der Waals surface area contributed by atoms with Gasteiger partial charge >= 0.3 is 0 Å². The maximum absolute atomic E-state index is 11.4. The quantitative estimate of drug-likeness (QED) is 0.611. The number of thioether (sulfide) groups is 1. The molecule has 2 aliphatic rings. The van der Waals surface area contributed by atoms with E-state index in [4.69, 9.17) is 0 Å². The number of nitrogens with zero attached hydrogens (tertiary/aromatic N) is 1. The minimum atomic E-state index is 0.0700. The lowest BCUT2D eigenvalue weighted by atomic mass is 10.3. The van der Waals surface area contributed by atoms with Crippen LogP contribution in [0.4, 0.5) is 0 Å². The number of carbonyl (C=O) groups is 1. The molecule has 0 saturated heterocycles. The van der Waals surface area contributed by atoms with E-state index in [0.29, 0.717) is 0 Å². The fraction of sp³-hybridized carbons (Fsp3) is 0.375. The molecule has 0 bridgehead atoms. The summed E-state index contributed by atoms with van der Waals surface area (Å²) in [4.78, 5) is 14.3. The average molecular weight is 182 g/mol. The van der Waals surface area contributed by atoms with Gasteiger partial charge in [0.15, 0.2) is 5.50 Å². The maximum Gasteiger partial charge on any atom is 0.254 e. The fourth-order valence-corrected chi connectivity index (χ4v) is 2.35. The molecule has 64 valence electrons. The highest BCUT2D eigenvalue weighted by Gasteiger charge is 2.30. The van der Waals surface area contributed by atoms with E-state index < -0.39 is 0 Å². The predicted octanol–water partition coefficient (Wildman–Crippen LogP) is 1.21. The number of allylic oxidation sites excluding steroid dienone is 2. The second kappa shape index (κ2) is 2.55. The Bertz CT molecular complexity index is 295. The summed E-state index contributed by atoms with van der Waals surface area (Å²) >= 11 is 1.67. The number of fused-ring (bicyclic) bond motifs is 1. The number of nitrogens with one attached hydrogen (secondary N) is 1. The fourth-order valence-electron chi connectivity index (χ4n) is 1.30. The predicted molar refractivity (Wildman–Crippen MR) is 48.9 cm³/mol. The normalized spacial score (nSPS) is 27.7. The van der Waals surface area contributed by atoms with Gasteiger partial charge in [-0.15, -0.1) is 0 Å². The van der Waals surface area contributed by atoms with E-state index in [1.165, 1.54) is 4.91 Å². The molecule has 0 unspecified atom stereocenters. The molecule has 2 rings (SSSR count). The molecule has 2 aliphatic heterocycles. The molecule has 0 aromatic heterocycles. The maximum atomic E-state index is 11.4. The summed E-state index contributed by atoms with van der Waals surface area (Å²) in [5, 5.41) is 3.22. The molecule has 0 radical (unpaired) electrons. The zero-order valence-corrected chi connectivity index (χ0v) is 7.81. The minimum Gasteiger partial charge on any atom is -0.360 e. The van der Waals surface area contributed by atoms with E-state index in [9.17, 15) is 4.79 Å². The lowest BCUT2D eigenvalue weighted by molar-refractivity contribution is -0.124. The Morgan fingerprint density at radius 3 is 3.08 bits per heavy atom. The van der Waals surface area contributed by atoms with Crippen molar-refractivity contribution in [2.24, 2.45) is 0 Å². The second-order valence-electron chi connectivity index (χ2n) is 2.93. The Balaban J connectivity index is 2.27. The third-order valence-electron chi connectivity index (χ3n) is 1.82. The summed E-state index contributed by atoms with van der Waals surface area (Å²) in [6.45, 7) is 3.91. The van der Waals surface area contributed by atoms with Gasteiger partial charge in [0.05, 0.1) is 0 Å². The molecular weight excluding hydrogens is 172 g/mol. The SMILES string of the molecule is CC1=CC(=O)N2C=C(C)S[C@H]2N1. The van der Waals surface area contributed by atoms with Gasteiger partial charge in [0.25, 0.3) is 5.91 Å². The second-order valence-corrected chi connectivity index (χ2v) is 4.25. The zero-order valence-electron chi connectivity index (χ0n) is 7.00. The minimum absolute atomic E-state index is 0.0700. The van der Waals surface area contributed by atoms with E-state index in [1.54, 1.807) is 22.7 Å². The standard InChI is InChI=1S/C8H10N2OS/c1-5-3-7(11)10-4-6(2)12-8(10)9-5/h3-4,8-9H,1-2H3/t8-/m0/s1. The van der Waals surface area contributed by atoms with Crippen LogP contribution in [0.5, 0.6) is 0 Å². The Morgan fingerprint density at radius 2 is 2.33 bits per heavy atom. The molecule has 0 spiro atoms. The molecule has 3 nitrogen and oxygen atoms in total. The van der Waals surface area contributed by atoms with Gasteiger partial charge in [0.2, 0.25) is 0 Å². The van der Waals surface area contributed by atoms with Crippen LogP contribution in [0.15, 0.2) is 22.9 Å². The molecule has 1 amide bonds. The van der Waals surface area contributed by atoms with E-state index in [1.807, 2.05) is 20.0 Å². The van der Waals surface area contributed by atoms with Crippen molar-refractivity contribution in [2.75, 3.05) is 0 Å². The molecule has 0 aromatic rings. The van der Waals surface area contributed by atoms with Gasteiger partial charge in [-0.3, -0.25) is 9.69 Å². The molecule has 0 saturated carbocycles. The number of hydrogen-bond donors (Lipinski definition) is 1. The largest absolute Gasteiger partial charge is 0.360 e. The monoisotopic (exact) mass is 182 g/mol. The van der Waals surface area contributed by atoms with Crippen molar-refractivity contribution in [2.45, 2.75) is 19.3 Å². The molecule has 0 aromatic carbocycles. The molecule has 1 N–H and O–H groups in total. The van der Waals surface area contributed by atoms with Crippen LogP contribution in [0.2, 0.25) is 0 Å². The molecule has 1 atom stereocenters. The van der Waals surface area contributed by atoms with Crippen LogP contribution in [0.1, 0.15) is 13.8 Å². The smallest absolute Gasteiger partial charge is 0.254 e. The number of amides is 1. The first kappa shape index (κ1) is 7.73. The Hall–Kier alpha value is -0.900. The first-order valence-electron chi connectivity index (χ1n) is 3.79. The highest BCUT2D eigenvalue weighted by atomic mass is 32.2. The third kappa shape index (κ3) is 1.12. The summed E-state index contributed by atoms with van der Waals surface area (Å²) in [5.41, 5.74) is 1.03. The van der Waals surface area contributed by atoms with E-state index in [2.05, 4.69) is 5.32 Å². The lowest BCUT2D eigenvalue weighted by Gasteiger charge is -2.27. The highest BCUT2D eigenvalue weighted by Crippen LogP contribution is 2.32. The highest BCUT2D eigenvalue weighted by molar-refractivity contribution is 8.03. The Labute approximate surface area is 75.5 Å². The van der Waals surface area contributed by atoms with Gasteiger partial charge in [-0.05, 0) is 13.8 Å². The number of hydrogen-bond acceptors (Lipinski definition) is 3. The van der Waals surface area contributed by atoms with Crippen LogP contribution in [-0.2, 0) is 4.79 Å². The van der Waals surface area contributed by atoms with Crippen LogP contribution in [-0.4, -0.2) is 16.3 Å². The third-order valence-corrected chi connectivity index (χ3v) is 2.86. The molecule has 12 heavy (non-hydrogen) atoms. The number of rotatable bonds is 0. The van der Waals surface area contributed by atoms with Crippen LogP contribution in [0.3, 0.4) is 0 Å². The van der Waals surface area contributed by atoms with Gasteiger partial charge in [-0.25, -0.2) is 0 Å². The van der Waals surface area contributed by atoms with Gasteiger partial charge < -0.3 is 5.32 Å². The van der Waals surface area contributed by atoms with E-state index in [-0.39, 0.29) is 11.4 Å². The first-order chi connectivity index (χ1) is 5.66. The lowest BCUT2D eigenvalue weighted by Crippen LogP contribution is -2.43. The summed E-state index contributed by atoms with van der Waals surface area (Å²) in [6, 6.07) is 0. The summed E-state index contributed by atoms with van der Waals surface area (Å²) in [6.07, 6.45) is 3.50. The summed E-state index contributed by atoms with van der Waals surface area (Å²) < 4.78 is 0. The van der Waals surface area contributed by atoms with Crippen molar-refractivity contribution in [3.8, 4) is 0 Å². The average Bonchev–Trinajstić information content (AvgIpc) is 2.29. The molecule has 4 heteroatoms. The van der Waals surface area contributed by atoms with Gasteiger partial charge in [0, 0.05) is 22.9 Å². The van der Waals surface area contributed by atoms with Crippen molar-refractivity contribution in [3.05, 3.63) is 22.9 Å².